The number of nitrogens with zero attached hydrogens (tertiary/aromatic N) is 4. The molecule has 1 aliphatic heterocycles. The first kappa shape index (κ1) is 16.5. The third-order valence-corrected chi connectivity index (χ3v) is 4.33. The molecule has 1 saturated heterocycles. The molecule has 24 heavy (non-hydrogen) atoms. The number of hydrogen-bond donors (Lipinski definition) is 0. The van der Waals surface area contributed by atoms with Crippen LogP contribution in [0.1, 0.15) is 22.3 Å². The summed E-state index contributed by atoms with van der Waals surface area (Å²) < 4.78 is 1.82. The van der Waals surface area contributed by atoms with E-state index in [0.29, 0.717) is 12.1 Å². The maximum atomic E-state index is 12.7. The highest BCUT2D eigenvalue weighted by molar-refractivity contribution is 5.93. The molecule has 0 spiro atoms. The van der Waals surface area contributed by atoms with Gasteiger partial charge in [0, 0.05) is 38.9 Å². The Kier molecular flexibility index (Phi) is 5.43. The molecule has 1 aromatic carbocycles. The monoisotopic (exact) mass is 324 g/mol. The summed E-state index contributed by atoms with van der Waals surface area (Å²) in [5, 5.41) is 4.34. The van der Waals surface area contributed by atoms with Crippen molar-refractivity contribution in [3.63, 3.8) is 0 Å². The van der Waals surface area contributed by atoms with Crippen molar-refractivity contribution in [2.24, 2.45) is 0 Å². The number of carbonyl (C=O) groups excluding carboxylic acids is 1. The van der Waals surface area contributed by atoms with Crippen LogP contribution in [0.3, 0.4) is 0 Å². The molecule has 0 aliphatic carbocycles. The average Bonchev–Trinajstić information content (AvgIpc) is 2.93. The van der Waals surface area contributed by atoms with Gasteiger partial charge in [0.1, 0.15) is 0 Å². The smallest absolute Gasteiger partial charge is 0.257 e. The minimum atomic E-state index is 0.0785. The second-order valence-corrected chi connectivity index (χ2v) is 6.15. The maximum Gasteiger partial charge on any atom is 0.257 e. The van der Waals surface area contributed by atoms with Crippen LogP contribution in [-0.4, -0.2) is 58.2 Å². The van der Waals surface area contributed by atoms with Crippen molar-refractivity contribution in [1.82, 2.24) is 19.6 Å². The second kappa shape index (κ2) is 7.93. The quantitative estimate of drug-likeness (QED) is 0.792. The van der Waals surface area contributed by atoms with Crippen molar-refractivity contribution in [1.29, 1.82) is 0 Å². The van der Waals surface area contributed by atoms with E-state index in [9.17, 15) is 4.79 Å². The Labute approximate surface area is 143 Å². The van der Waals surface area contributed by atoms with Gasteiger partial charge in [0.25, 0.3) is 5.91 Å². The van der Waals surface area contributed by atoms with E-state index in [1.165, 1.54) is 5.56 Å². The lowest BCUT2D eigenvalue weighted by Crippen LogP contribution is -2.35. The maximum absolute atomic E-state index is 12.7. The Bertz CT molecular complexity index is 680. The Morgan fingerprint density at radius 3 is 2.79 bits per heavy atom. The highest BCUT2D eigenvalue weighted by Gasteiger charge is 2.20. The highest BCUT2D eigenvalue weighted by atomic mass is 16.2. The molecular formula is C19H24N4O. The highest BCUT2D eigenvalue weighted by Crippen LogP contribution is 2.10. The van der Waals surface area contributed by atoms with E-state index < -0.39 is 0 Å². The number of hydrogen-bond acceptors (Lipinski definition) is 3. The Balaban J connectivity index is 1.62. The van der Waals surface area contributed by atoms with Crippen molar-refractivity contribution in [3.8, 4) is 0 Å². The minimum Gasteiger partial charge on any atom is -0.337 e. The zero-order valence-corrected chi connectivity index (χ0v) is 14.0. The van der Waals surface area contributed by atoms with Gasteiger partial charge in [-0.05, 0) is 12.0 Å². The summed E-state index contributed by atoms with van der Waals surface area (Å²) in [4.78, 5) is 17.0. The SMILES string of the molecule is C=CCN1CCCN(C(=O)c2cnn(Cc3ccccc3)c2)CC1. The van der Waals surface area contributed by atoms with Gasteiger partial charge in [-0.15, -0.1) is 6.58 Å². The molecule has 1 aromatic heterocycles. The first-order chi connectivity index (χ1) is 11.8. The fourth-order valence-electron chi connectivity index (χ4n) is 3.05. The summed E-state index contributed by atoms with van der Waals surface area (Å²) in [7, 11) is 0. The number of benzene rings is 1. The summed E-state index contributed by atoms with van der Waals surface area (Å²) in [6.07, 6.45) is 6.45. The molecule has 0 N–H and O–H groups in total. The molecule has 2 heterocycles. The normalized spacial score (nSPS) is 15.9. The molecule has 0 atom stereocenters. The fraction of sp³-hybridized carbons (Fsp3) is 0.368. The van der Waals surface area contributed by atoms with Crippen molar-refractivity contribution < 1.29 is 4.79 Å². The molecular weight excluding hydrogens is 300 g/mol. The van der Waals surface area contributed by atoms with E-state index in [0.717, 1.165) is 39.1 Å². The van der Waals surface area contributed by atoms with Gasteiger partial charge >= 0.3 is 0 Å². The van der Waals surface area contributed by atoms with Gasteiger partial charge in [-0.1, -0.05) is 36.4 Å². The van der Waals surface area contributed by atoms with Crippen molar-refractivity contribution in [2.45, 2.75) is 13.0 Å². The molecule has 1 fully saturated rings. The van der Waals surface area contributed by atoms with Crippen molar-refractivity contribution in [3.05, 3.63) is 66.5 Å². The number of rotatable bonds is 5. The van der Waals surface area contributed by atoms with Crippen molar-refractivity contribution >= 4 is 5.91 Å². The fourth-order valence-corrected chi connectivity index (χ4v) is 3.05. The lowest BCUT2D eigenvalue weighted by atomic mass is 10.2. The molecule has 5 heteroatoms. The van der Waals surface area contributed by atoms with Gasteiger partial charge in [-0.3, -0.25) is 14.4 Å². The van der Waals surface area contributed by atoms with E-state index in [1.807, 2.05) is 40.1 Å². The zero-order chi connectivity index (χ0) is 16.8. The Morgan fingerprint density at radius 1 is 1.17 bits per heavy atom. The van der Waals surface area contributed by atoms with Crippen LogP contribution in [0, 0.1) is 0 Å². The molecule has 126 valence electrons. The van der Waals surface area contributed by atoms with Crippen LogP contribution in [0.25, 0.3) is 0 Å². The van der Waals surface area contributed by atoms with Gasteiger partial charge in [0.2, 0.25) is 0 Å². The number of amides is 1. The molecule has 0 bridgehead atoms. The van der Waals surface area contributed by atoms with Crippen LogP contribution in [0.5, 0.6) is 0 Å². The first-order valence-corrected chi connectivity index (χ1v) is 8.45. The lowest BCUT2D eigenvalue weighted by Gasteiger charge is -2.20. The van der Waals surface area contributed by atoms with Gasteiger partial charge in [-0.2, -0.15) is 5.10 Å². The zero-order valence-electron chi connectivity index (χ0n) is 14.0. The Hall–Kier alpha value is -2.40. The topological polar surface area (TPSA) is 41.4 Å². The van der Waals surface area contributed by atoms with Crippen LogP contribution >= 0.6 is 0 Å². The molecule has 0 unspecified atom stereocenters. The predicted molar refractivity (Wildman–Crippen MR) is 94.9 cm³/mol. The van der Waals surface area contributed by atoms with Gasteiger partial charge in [-0.25, -0.2) is 0 Å². The minimum absolute atomic E-state index is 0.0785. The molecule has 3 rings (SSSR count). The molecule has 0 radical (unpaired) electrons. The van der Waals surface area contributed by atoms with Crippen LogP contribution in [-0.2, 0) is 6.54 Å². The van der Waals surface area contributed by atoms with Gasteiger partial charge < -0.3 is 4.90 Å². The van der Waals surface area contributed by atoms with E-state index in [1.54, 1.807) is 6.20 Å². The molecule has 1 aliphatic rings. The van der Waals surface area contributed by atoms with Crippen LogP contribution in [0.2, 0.25) is 0 Å². The number of carbonyl (C=O) groups is 1. The Morgan fingerprint density at radius 2 is 2.00 bits per heavy atom. The molecule has 2 aromatic rings. The van der Waals surface area contributed by atoms with E-state index in [4.69, 9.17) is 0 Å². The molecule has 5 nitrogen and oxygen atoms in total. The lowest BCUT2D eigenvalue weighted by molar-refractivity contribution is 0.0762. The summed E-state index contributed by atoms with van der Waals surface area (Å²) >= 11 is 0. The van der Waals surface area contributed by atoms with Crippen molar-refractivity contribution in [2.75, 3.05) is 32.7 Å². The van der Waals surface area contributed by atoms with Gasteiger partial charge in [0.15, 0.2) is 0 Å². The second-order valence-electron chi connectivity index (χ2n) is 6.15. The standard InChI is InChI=1S/C19H24N4O/c1-2-9-21-10-6-11-22(13-12-21)19(24)18-14-20-23(16-18)15-17-7-4-3-5-8-17/h2-5,7-8,14,16H,1,6,9-13,15H2. The summed E-state index contributed by atoms with van der Waals surface area (Å²) in [6.45, 7) is 8.84. The number of aromatic nitrogens is 2. The van der Waals surface area contributed by atoms with Crippen LogP contribution in [0.4, 0.5) is 0 Å². The average molecular weight is 324 g/mol. The summed E-state index contributed by atoms with van der Waals surface area (Å²) in [5.74, 6) is 0.0785. The van der Waals surface area contributed by atoms with E-state index >= 15 is 0 Å². The third kappa shape index (κ3) is 4.11. The van der Waals surface area contributed by atoms with Crippen LogP contribution < -0.4 is 0 Å². The largest absolute Gasteiger partial charge is 0.337 e. The summed E-state index contributed by atoms with van der Waals surface area (Å²) in [6, 6.07) is 10.1. The van der Waals surface area contributed by atoms with Gasteiger partial charge in [0.05, 0.1) is 18.3 Å². The predicted octanol–water partition coefficient (Wildman–Crippen LogP) is 2.27. The van der Waals surface area contributed by atoms with Crippen LogP contribution in [0.15, 0.2) is 55.4 Å². The van der Waals surface area contributed by atoms with E-state index in [2.05, 4.69) is 28.7 Å². The molecule has 1 amide bonds. The third-order valence-electron chi connectivity index (χ3n) is 4.33. The summed E-state index contributed by atoms with van der Waals surface area (Å²) in [5.41, 5.74) is 1.84. The molecule has 0 saturated carbocycles. The van der Waals surface area contributed by atoms with E-state index in [-0.39, 0.29) is 5.91 Å². The first-order valence-electron chi connectivity index (χ1n) is 8.45.